The quantitative estimate of drug-likeness (QED) is 0.408. The van der Waals surface area contributed by atoms with Crippen LogP contribution in [0.25, 0.3) is 21.1 Å². The number of rotatable bonds is 6. The Morgan fingerprint density at radius 3 is 2.79 bits per heavy atom. The maximum absolute atomic E-state index is 12.5. The Bertz CT molecular complexity index is 1160. The van der Waals surface area contributed by atoms with Crippen LogP contribution in [0.5, 0.6) is 0 Å². The summed E-state index contributed by atoms with van der Waals surface area (Å²) in [5.74, 6) is -0.364. The molecule has 0 aliphatic carbocycles. The molecule has 7 nitrogen and oxygen atoms in total. The number of H-pyrrole nitrogens is 1. The number of anilines is 1. The van der Waals surface area contributed by atoms with Crippen LogP contribution in [0.2, 0.25) is 0 Å². The summed E-state index contributed by atoms with van der Waals surface area (Å²) in [6.07, 6.45) is 0. The predicted molar refractivity (Wildman–Crippen MR) is 118 cm³/mol. The van der Waals surface area contributed by atoms with E-state index in [2.05, 4.69) is 25.8 Å². The van der Waals surface area contributed by atoms with Gasteiger partial charge in [0.15, 0.2) is 10.8 Å². The molecule has 2 amide bonds. The number of carbonyl (C=O) groups is 2. The van der Waals surface area contributed by atoms with Crippen LogP contribution in [0.4, 0.5) is 5.13 Å². The maximum Gasteiger partial charge on any atom is 0.277 e. The number of thiophene rings is 2. The van der Waals surface area contributed by atoms with E-state index in [1.807, 2.05) is 36.6 Å². The van der Waals surface area contributed by atoms with Gasteiger partial charge in [0, 0.05) is 16.7 Å². The van der Waals surface area contributed by atoms with Crippen LogP contribution in [0.15, 0.2) is 35.7 Å². The average Bonchev–Trinajstić information content (AvgIpc) is 3.46. The van der Waals surface area contributed by atoms with Crippen molar-refractivity contribution >= 4 is 51.0 Å². The number of nitrogens with one attached hydrogen (secondary N) is 3. The van der Waals surface area contributed by atoms with E-state index in [1.54, 1.807) is 28.7 Å². The van der Waals surface area contributed by atoms with Crippen LogP contribution in [0, 0.1) is 6.92 Å². The molecule has 0 bridgehead atoms. The van der Waals surface area contributed by atoms with Crippen LogP contribution < -0.4 is 10.6 Å². The second-order valence-electron chi connectivity index (χ2n) is 6.20. The van der Waals surface area contributed by atoms with Crippen LogP contribution >= 0.6 is 34.0 Å². The Balaban J connectivity index is 1.47. The fourth-order valence-electron chi connectivity index (χ4n) is 2.65. The molecule has 4 aromatic heterocycles. The lowest BCUT2D eigenvalue weighted by atomic mass is 10.3. The summed E-state index contributed by atoms with van der Waals surface area (Å²) < 4.78 is 0. The third-order valence-electron chi connectivity index (χ3n) is 4.02. The smallest absolute Gasteiger partial charge is 0.277 e. The molecule has 29 heavy (non-hydrogen) atoms. The molecular formula is C19H17N5O2S3. The minimum Gasteiger partial charge on any atom is -0.351 e. The lowest BCUT2D eigenvalue weighted by molar-refractivity contribution is -0.119. The second-order valence-corrected chi connectivity index (χ2v) is 9.52. The van der Waals surface area contributed by atoms with Crippen LogP contribution in [-0.4, -0.2) is 27.0 Å². The Morgan fingerprint density at radius 2 is 2.03 bits per heavy atom. The molecule has 4 aromatic rings. The molecule has 0 atom stereocenters. The van der Waals surface area contributed by atoms with Gasteiger partial charge in [0.2, 0.25) is 5.91 Å². The van der Waals surface area contributed by atoms with E-state index in [0.29, 0.717) is 17.4 Å². The Morgan fingerprint density at radius 1 is 1.17 bits per heavy atom. The van der Waals surface area contributed by atoms with Gasteiger partial charge in [-0.25, -0.2) is 4.98 Å². The zero-order valence-electron chi connectivity index (χ0n) is 15.6. The Labute approximate surface area is 178 Å². The molecular weight excluding hydrogens is 426 g/mol. The van der Waals surface area contributed by atoms with Gasteiger partial charge < -0.3 is 5.32 Å². The monoisotopic (exact) mass is 443 g/mol. The first-order chi connectivity index (χ1) is 14.0. The standard InChI is InChI=1S/C19H17N5O2S3/c1-10-17(16-6-5-12(29-16)9-20-11(2)25)21-19(28-10)22-18(26)14-8-13(23-24-14)15-4-3-7-27-15/h3-8H,9H2,1-2H3,(H,20,25)(H,23,24)(H,21,22,26). The van der Waals surface area contributed by atoms with Gasteiger partial charge >= 0.3 is 0 Å². The molecule has 3 N–H and O–H groups in total. The third kappa shape index (κ3) is 4.44. The number of aryl methyl sites for hydroxylation is 1. The summed E-state index contributed by atoms with van der Waals surface area (Å²) in [6, 6.07) is 9.61. The van der Waals surface area contributed by atoms with E-state index in [9.17, 15) is 9.59 Å². The summed E-state index contributed by atoms with van der Waals surface area (Å²) in [4.78, 5) is 32.3. The molecule has 4 heterocycles. The molecule has 0 radical (unpaired) electrons. The maximum atomic E-state index is 12.5. The highest BCUT2D eigenvalue weighted by molar-refractivity contribution is 7.18. The van der Waals surface area contributed by atoms with Crippen molar-refractivity contribution in [3.63, 3.8) is 0 Å². The molecule has 4 rings (SSSR count). The number of nitrogens with zero attached hydrogens (tertiary/aromatic N) is 2. The van der Waals surface area contributed by atoms with Gasteiger partial charge in [0.05, 0.1) is 27.7 Å². The van der Waals surface area contributed by atoms with Gasteiger partial charge in [-0.3, -0.25) is 20.0 Å². The topological polar surface area (TPSA) is 99.8 Å². The lowest BCUT2D eigenvalue weighted by Gasteiger charge is -1.98. The molecule has 0 spiro atoms. The summed E-state index contributed by atoms with van der Waals surface area (Å²) in [5.41, 5.74) is 1.97. The molecule has 10 heteroatoms. The predicted octanol–water partition coefficient (Wildman–Crippen LogP) is 4.52. The first kappa shape index (κ1) is 19.5. The van der Waals surface area contributed by atoms with Gasteiger partial charge in [-0.2, -0.15) is 5.10 Å². The molecule has 0 aliphatic rings. The van der Waals surface area contributed by atoms with E-state index in [1.165, 1.54) is 18.3 Å². The first-order valence-corrected chi connectivity index (χ1v) is 11.2. The minimum absolute atomic E-state index is 0.0598. The van der Waals surface area contributed by atoms with Gasteiger partial charge in [-0.05, 0) is 36.6 Å². The number of hydrogen-bond donors (Lipinski definition) is 3. The van der Waals surface area contributed by atoms with Crippen LogP contribution in [0.3, 0.4) is 0 Å². The molecule has 148 valence electrons. The van der Waals surface area contributed by atoms with E-state index >= 15 is 0 Å². The Hall–Kier alpha value is -2.82. The summed E-state index contributed by atoms with van der Waals surface area (Å²) in [6.45, 7) is 3.97. The SMILES string of the molecule is CC(=O)NCc1ccc(-c2nc(NC(=O)c3cc(-c4cccs4)[nH]n3)sc2C)s1. The summed E-state index contributed by atoms with van der Waals surface area (Å²) >= 11 is 4.57. The number of amides is 2. The summed E-state index contributed by atoms with van der Waals surface area (Å²) in [5, 5.41) is 15.1. The molecule has 0 aromatic carbocycles. The number of aromatic amines is 1. The number of thiazole rings is 1. The van der Waals surface area contributed by atoms with E-state index in [4.69, 9.17) is 0 Å². The highest BCUT2D eigenvalue weighted by Crippen LogP contribution is 2.35. The van der Waals surface area contributed by atoms with Crippen molar-refractivity contribution in [1.29, 1.82) is 0 Å². The van der Waals surface area contributed by atoms with Crippen LogP contribution in [0.1, 0.15) is 27.2 Å². The summed E-state index contributed by atoms with van der Waals surface area (Å²) in [7, 11) is 0. The van der Waals surface area contributed by atoms with Gasteiger partial charge in [-0.15, -0.1) is 34.0 Å². The number of hydrogen-bond acceptors (Lipinski definition) is 7. The van der Waals surface area contributed by atoms with Crippen molar-refractivity contribution in [2.75, 3.05) is 5.32 Å². The van der Waals surface area contributed by atoms with Gasteiger partial charge in [-0.1, -0.05) is 6.07 Å². The van der Waals surface area contributed by atoms with E-state index in [0.717, 1.165) is 30.9 Å². The second kappa shape index (κ2) is 8.27. The first-order valence-electron chi connectivity index (χ1n) is 8.71. The van der Waals surface area contributed by atoms with Crippen molar-refractivity contribution in [1.82, 2.24) is 20.5 Å². The zero-order valence-corrected chi connectivity index (χ0v) is 18.1. The van der Waals surface area contributed by atoms with Crippen LogP contribution in [-0.2, 0) is 11.3 Å². The third-order valence-corrected chi connectivity index (χ3v) is 6.90. The van der Waals surface area contributed by atoms with Crippen molar-refractivity contribution in [2.45, 2.75) is 20.4 Å². The van der Waals surface area contributed by atoms with Gasteiger partial charge in [0.25, 0.3) is 5.91 Å². The highest BCUT2D eigenvalue weighted by atomic mass is 32.1. The van der Waals surface area contributed by atoms with Crippen molar-refractivity contribution in [3.05, 3.63) is 51.2 Å². The molecule has 0 fully saturated rings. The van der Waals surface area contributed by atoms with E-state index < -0.39 is 0 Å². The molecule has 0 aliphatic heterocycles. The zero-order chi connectivity index (χ0) is 20.4. The Kier molecular flexibility index (Phi) is 5.56. The number of carbonyl (C=O) groups excluding carboxylic acids is 2. The normalized spacial score (nSPS) is 10.8. The van der Waals surface area contributed by atoms with E-state index in [-0.39, 0.29) is 11.8 Å². The fraction of sp³-hybridized carbons (Fsp3) is 0.158. The van der Waals surface area contributed by atoms with Crippen molar-refractivity contribution < 1.29 is 9.59 Å². The lowest BCUT2D eigenvalue weighted by Crippen LogP contribution is -2.17. The molecule has 0 unspecified atom stereocenters. The molecule has 0 saturated heterocycles. The number of aromatic nitrogens is 3. The van der Waals surface area contributed by atoms with Gasteiger partial charge in [0.1, 0.15) is 0 Å². The molecule has 0 saturated carbocycles. The minimum atomic E-state index is -0.304. The van der Waals surface area contributed by atoms with Crippen molar-refractivity contribution in [3.8, 4) is 21.1 Å². The largest absolute Gasteiger partial charge is 0.351 e. The fourth-order valence-corrected chi connectivity index (χ4v) is 5.22. The van der Waals surface area contributed by atoms with Crippen molar-refractivity contribution in [2.24, 2.45) is 0 Å². The average molecular weight is 444 g/mol. The highest BCUT2D eigenvalue weighted by Gasteiger charge is 2.17.